The van der Waals surface area contributed by atoms with Crippen molar-refractivity contribution in [2.24, 2.45) is 0 Å². The van der Waals surface area contributed by atoms with Crippen LogP contribution in [0.5, 0.6) is 5.75 Å². The maximum atomic E-state index is 10.4. The van der Waals surface area contributed by atoms with Crippen LogP contribution in [0.1, 0.15) is 12.8 Å². The zero-order valence-electron chi connectivity index (χ0n) is 10.8. The minimum Gasteiger partial charge on any atom is -0.489 e. The number of aliphatic hydroxyl groups is 1. The third-order valence-corrected chi connectivity index (χ3v) is 3.61. The largest absolute Gasteiger partial charge is 0.489 e. The first-order chi connectivity index (χ1) is 9.25. The van der Waals surface area contributed by atoms with Crippen LogP contribution < -0.4 is 10.1 Å². The van der Waals surface area contributed by atoms with Crippen molar-refractivity contribution in [3.63, 3.8) is 0 Å². The van der Waals surface area contributed by atoms with Gasteiger partial charge in [0, 0.05) is 5.39 Å². The lowest BCUT2D eigenvalue weighted by atomic mass is 9.94. The summed E-state index contributed by atoms with van der Waals surface area (Å²) in [5, 5.41) is 14.6. The van der Waals surface area contributed by atoms with E-state index in [0.29, 0.717) is 12.4 Å². The zero-order valence-corrected chi connectivity index (χ0v) is 10.8. The van der Waals surface area contributed by atoms with Crippen LogP contribution in [0, 0.1) is 0 Å². The van der Waals surface area contributed by atoms with Gasteiger partial charge in [-0.1, -0.05) is 18.2 Å². The molecule has 0 unspecified atom stereocenters. The smallest absolute Gasteiger partial charge is 0.138 e. The molecule has 0 bridgehead atoms. The molecule has 2 N–H and O–H groups in total. The average Bonchev–Trinajstić information content (AvgIpc) is 2.46. The number of fused-ring (bicyclic) bond motifs is 1. The molecule has 4 nitrogen and oxygen atoms in total. The fourth-order valence-electron chi connectivity index (χ4n) is 2.38. The molecule has 19 heavy (non-hydrogen) atoms. The van der Waals surface area contributed by atoms with Gasteiger partial charge in [0.15, 0.2) is 0 Å². The highest BCUT2D eigenvalue weighted by Crippen LogP contribution is 2.22. The Hall–Kier alpha value is -1.65. The Morgan fingerprint density at radius 1 is 1.26 bits per heavy atom. The maximum Gasteiger partial charge on any atom is 0.138 e. The van der Waals surface area contributed by atoms with Crippen molar-refractivity contribution >= 4 is 10.9 Å². The summed E-state index contributed by atoms with van der Waals surface area (Å²) in [7, 11) is 0. The molecule has 0 spiro atoms. The number of pyridine rings is 1. The van der Waals surface area contributed by atoms with E-state index >= 15 is 0 Å². The molecule has 1 aromatic carbocycles. The molecule has 1 saturated heterocycles. The molecule has 1 aliphatic rings. The van der Waals surface area contributed by atoms with Crippen molar-refractivity contribution in [3.05, 3.63) is 36.5 Å². The summed E-state index contributed by atoms with van der Waals surface area (Å²) in [4.78, 5) is 4.35. The second kappa shape index (κ2) is 5.15. The molecule has 4 heteroatoms. The van der Waals surface area contributed by atoms with E-state index in [2.05, 4.69) is 10.3 Å². The number of ether oxygens (including phenoxy) is 1. The highest BCUT2D eigenvalue weighted by atomic mass is 16.5. The molecule has 2 heterocycles. The van der Waals surface area contributed by atoms with E-state index < -0.39 is 5.60 Å². The fraction of sp³-hybridized carbons (Fsp3) is 0.400. The quantitative estimate of drug-likeness (QED) is 0.880. The van der Waals surface area contributed by atoms with Gasteiger partial charge >= 0.3 is 0 Å². The fourth-order valence-corrected chi connectivity index (χ4v) is 2.38. The molecule has 1 fully saturated rings. The van der Waals surface area contributed by atoms with Crippen LogP contribution in [0.4, 0.5) is 0 Å². The molecule has 100 valence electrons. The van der Waals surface area contributed by atoms with Crippen LogP contribution in [0.15, 0.2) is 36.5 Å². The number of para-hydroxylation sites is 1. The molecule has 0 atom stereocenters. The third kappa shape index (κ3) is 2.85. The first-order valence-electron chi connectivity index (χ1n) is 6.66. The van der Waals surface area contributed by atoms with Gasteiger partial charge in [0.05, 0.1) is 11.7 Å². The van der Waals surface area contributed by atoms with E-state index in [1.807, 2.05) is 30.3 Å². The average molecular weight is 258 g/mol. The number of nitrogens with one attached hydrogen (secondary N) is 1. The van der Waals surface area contributed by atoms with Crippen molar-refractivity contribution in [1.82, 2.24) is 10.3 Å². The van der Waals surface area contributed by atoms with Crippen LogP contribution in [0.2, 0.25) is 0 Å². The first kappa shape index (κ1) is 12.4. The van der Waals surface area contributed by atoms with Crippen molar-refractivity contribution in [1.29, 1.82) is 0 Å². The number of piperidine rings is 1. The maximum absolute atomic E-state index is 10.4. The van der Waals surface area contributed by atoms with Gasteiger partial charge in [-0.2, -0.15) is 0 Å². The molecule has 0 amide bonds. The second-order valence-electron chi connectivity index (χ2n) is 5.13. The zero-order chi connectivity index (χ0) is 13.1. The Bertz CT molecular complexity index is 565. The van der Waals surface area contributed by atoms with E-state index in [4.69, 9.17) is 4.74 Å². The molecule has 1 aromatic heterocycles. The Labute approximate surface area is 112 Å². The Kier molecular flexibility index (Phi) is 3.36. The molecule has 3 rings (SSSR count). The predicted octanol–water partition coefficient (Wildman–Crippen LogP) is 1.73. The number of rotatable bonds is 3. The SMILES string of the molecule is OC1(COc2cnc3ccccc3c2)CCNCC1. The van der Waals surface area contributed by atoms with E-state index in [1.165, 1.54) is 0 Å². The number of hydrogen-bond acceptors (Lipinski definition) is 4. The van der Waals surface area contributed by atoms with Crippen LogP contribution in [-0.2, 0) is 0 Å². The molecule has 0 saturated carbocycles. The highest BCUT2D eigenvalue weighted by molar-refractivity contribution is 5.79. The summed E-state index contributed by atoms with van der Waals surface area (Å²) in [6.45, 7) is 2.01. The Morgan fingerprint density at radius 2 is 2.05 bits per heavy atom. The van der Waals surface area contributed by atoms with Crippen LogP contribution in [0.3, 0.4) is 0 Å². The first-order valence-corrected chi connectivity index (χ1v) is 6.66. The van der Waals surface area contributed by atoms with Crippen molar-refractivity contribution in [2.45, 2.75) is 18.4 Å². The lowest BCUT2D eigenvalue weighted by Gasteiger charge is -2.32. The molecular weight excluding hydrogens is 240 g/mol. The van der Waals surface area contributed by atoms with Crippen LogP contribution in [-0.4, -0.2) is 35.4 Å². The summed E-state index contributed by atoms with van der Waals surface area (Å²) in [6.07, 6.45) is 3.18. The van der Waals surface area contributed by atoms with Gasteiger partial charge in [-0.25, -0.2) is 0 Å². The molecular formula is C15H18N2O2. The summed E-state index contributed by atoms with van der Waals surface area (Å²) in [5.74, 6) is 0.714. The lowest BCUT2D eigenvalue weighted by Crippen LogP contribution is -2.45. The molecule has 1 aliphatic heterocycles. The van der Waals surface area contributed by atoms with Gasteiger partial charge in [-0.3, -0.25) is 4.98 Å². The Balaban J connectivity index is 1.71. The minimum absolute atomic E-state index is 0.328. The predicted molar refractivity (Wildman–Crippen MR) is 74.3 cm³/mol. The van der Waals surface area contributed by atoms with E-state index in [1.54, 1.807) is 6.20 Å². The van der Waals surface area contributed by atoms with Gasteiger partial charge in [-0.15, -0.1) is 0 Å². The van der Waals surface area contributed by atoms with Gasteiger partial charge in [0.2, 0.25) is 0 Å². The normalized spacial score (nSPS) is 18.4. The van der Waals surface area contributed by atoms with Crippen molar-refractivity contribution in [3.8, 4) is 5.75 Å². The number of benzene rings is 1. The molecule has 0 radical (unpaired) electrons. The van der Waals surface area contributed by atoms with Gasteiger partial charge in [-0.05, 0) is 38.1 Å². The monoisotopic (exact) mass is 258 g/mol. The summed E-state index contributed by atoms with van der Waals surface area (Å²) < 4.78 is 5.72. The lowest BCUT2D eigenvalue weighted by molar-refractivity contribution is -0.0286. The molecule has 0 aliphatic carbocycles. The van der Waals surface area contributed by atoms with Crippen LogP contribution >= 0.6 is 0 Å². The van der Waals surface area contributed by atoms with Gasteiger partial charge in [0.25, 0.3) is 0 Å². The number of aromatic nitrogens is 1. The van der Waals surface area contributed by atoms with E-state index in [-0.39, 0.29) is 0 Å². The minimum atomic E-state index is -0.711. The summed E-state index contributed by atoms with van der Waals surface area (Å²) in [5.41, 5.74) is 0.243. The van der Waals surface area contributed by atoms with Gasteiger partial charge in [0.1, 0.15) is 18.0 Å². The van der Waals surface area contributed by atoms with Crippen molar-refractivity contribution in [2.75, 3.05) is 19.7 Å². The van der Waals surface area contributed by atoms with Crippen LogP contribution in [0.25, 0.3) is 10.9 Å². The summed E-state index contributed by atoms with van der Waals surface area (Å²) in [6, 6.07) is 9.89. The number of nitrogens with zero attached hydrogens (tertiary/aromatic N) is 1. The standard InChI is InChI=1S/C15H18N2O2/c18-15(5-7-16-8-6-15)11-19-13-9-12-3-1-2-4-14(12)17-10-13/h1-4,9-10,16,18H,5-8,11H2. The summed E-state index contributed by atoms with van der Waals surface area (Å²) >= 11 is 0. The van der Waals surface area contributed by atoms with E-state index in [9.17, 15) is 5.11 Å². The third-order valence-electron chi connectivity index (χ3n) is 3.61. The topological polar surface area (TPSA) is 54.4 Å². The Morgan fingerprint density at radius 3 is 2.89 bits per heavy atom. The molecule has 2 aromatic rings. The van der Waals surface area contributed by atoms with Gasteiger partial charge < -0.3 is 15.2 Å². The van der Waals surface area contributed by atoms with E-state index in [0.717, 1.165) is 36.8 Å². The van der Waals surface area contributed by atoms with Crippen molar-refractivity contribution < 1.29 is 9.84 Å². The second-order valence-corrected chi connectivity index (χ2v) is 5.13. The number of hydrogen-bond donors (Lipinski definition) is 2. The highest BCUT2D eigenvalue weighted by Gasteiger charge is 2.29.